The number of fused-ring (bicyclic) bond motifs is 3. The topological polar surface area (TPSA) is 64.2 Å². The molecule has 0 bridgehead atoms. The van der Waals surface area contributed by atoms with Gasteiger partial charge in [-0.2, -0.15) is 0 Å². The molecule has 0 spiro atoms. The maximum absolute atomic E-state index is 7.04. The van der Waals surface area contributed by atoms with Crippen molar-refractivity contribution in [2.24, 2.45) is 0 Å². The minimum absolute atomic E-state index is 0.0327. The van der Waals surface area contributed by atoms with Crippen LogP contribution in [0.4, 0.5) is 11.4 Å². The molecule has 4 heterocycles. The van der Waals surface area contributed by atoms with Gasteiger partial charge in [-0.3, -0.25) is 9.13 Å². The maximum Gasteiger partial charge on any atom is 0.168 e. The van der Waals surface area contributed by atoms with Gasteiger partial charge in [-0.05, 0) is 70.3 Å². The van der Waals surface area contributed by atoms with Gasteiger partial charge in [-0.1, -0.05) is 146 Å². The predicted octanol–water partition coefficient (Wildman–Crippen LogP) is 14.2. The Kier molecular flexibility index (Phi) is 10.4. The lowest BCUT2D eigenvalue weighted by Gasteiger charge is -2.28. The molecule has 9 aromatic rings. The third-order valence-corrected chi connectivity index (χ3v) is 12.3. The van der Waals surface area contributed by atoms with E-state index in [4.69, 9.17) is 19.9 Å². The van der Waals surface area contributed by atoms with Gasteiger partial charge in [0.15, 0.2) is 11.6 Å². The van der Waals surface area contributed by atoms with Crippen LogP contribution in [0.1, 0.15) is 77.0 Å². The lowest BCUT2D eigenvalue weighted by Crippen LogP contribution is -2.26. The number of para-hydroxylation sites is 2. The fourth-order valence-electron chi connectivity index (χ4n) is 8.98. The molecule has 10 rings (SSSR count). The summed E-state index contributed by atoms with van der Waals surface area (Å²) in [6.45, 7) is 16.4. The standard InChI is InChI=1S/C56H53N7O/c1-37(2)46-22-16-23-47(38(3)4)53(46)61-30-29-60(36-61)42-32-43(62-54(39-17-10-8-11-18-39)58-59-55(62)40-19-12-9-13-20-40)34-45(33-42)64-44-25-26-49-48-21-14-15-24-50(48)63(51(49)35-44)52-31-41(27-28-57-52)56(5,6)7/h8-35,37-38H,36H2,1-7H3. The number of aromatic nitrogens is 5. The molecule has 1 aliphatic heterocycles. The Labute approximate surface area is 375 Å². The molecule has 0 saturated heterocycles. The van der Waals surface area contributed by atoms with Crippen molar-refractivity contribution in [3.63, 3.8) is 0 Å². The maximum atomic E-state index is 7.04. The molecule has 0 fully saturated rings. The Morgan fingerprint density at radius 2 is 1.14 bits per heavy atom. The number of hydrogen-bond acceptors (Lipinski definition) is 6. The number of anilines is 2. The van der Waals surface area contributed by atoms with Crippen molar-refractivity contribution < 1.29 is 4.74 Å². The van der Waals surface area contributed by atoms with E-state index in [1.165, 1.54) is 22.4 Å². The van der Waals surface area contributed by atoms with Crippen molar-refractivity contribution >= 4 is 33.2 Å². The zero-order valence-corrected chi connectivity index (χ0v) is 37.6. The summed E-state index contributed by atoms with van der Waals surface area (Å²) >= 11 is 0. The highest BCUT2D eigenvalue weighted by Crippen LogP contribution is 2.41. The molecular formula is C56H53N7O. The molecule has 64 heavy (non-hydrogen) atoms. The van der Waals surface area contributed by atoms with Crippen LogP contribution in [-0.4, -0.2) is 31.0 Å². The molecule has 0 saturated carbocycles. The average molecular weight is 840 g/mol. The molecule has 0 atom stereocenters. The van der Waals surface area contributed by atoms with Crippen LogP contribution in [0.15, 0.2) is 170 Å². The van der Waals surface area contributed by atoms with E-state index >= 15 is 0 Å². The van der Waals surface area contributed by atoms with Crippen LogP contribution in [0.25, 0.3) is 56.1 Å². The number of rotatable bonds is 10. The first-order valence-electron chi connectivity index (χ1n) is 22.3. The third-order valence-electron chi connectivity index (χ3n) is 12.3. The van der Waals surface area contributed by atoms with Gasteiger partial charge in [0.05, 0.1) is 23.4 Å². The molecule has 0 radical (unpaired) electrons. The van der Waals surface area contributed by atoms with Gasteiger partial charge in [0.1, 0.15) is 17.3 Å². The lowest BCUT2D eigenvalue weighted by atomic mass is 9.88. The number of hydrogen-bond donors (Lipinski definition) is 0. The molecule has 8 heteroatoms. The summed E-state index contributed by atoms with van der Waals surface area (Å²) in [5.41, 5.74) is 11.1. The first-order valence-corrected chi connectivity index (χ1v) is 22.3. The van der Waals surface area contributed by atoms with E-state index in [0.717, 1.165) is 61.8 Å². The SMILES string of the molecule is CC(C)c1cccc(C(C)C)c1N1C=CN(c2cc(Oc3ccc4c5ccccc5n(-c5cc(C(C)(C)C)ccn5)c4c3)cc(-n3c(-c4ccccc4)nnc3-c3ccccc3)c2)C1. The van der Waals surface area contributed by atoms with Gasteiger partial charge in [0.25, 0.3) is 0 Å². The monoisotopic (exact) mass is 839 g/mol. The summed E-state index contributed by atoms with van der Waals surface area (Å²) in [5, 5.41) is 11.9. The van der Waals surface area contributed by atoms with Gasteiger partial charge in [-0.15, -0.1) is 10.2 Å². The third kappa shape index (κ3) is 7.49. The van der Waals surface area contributed by atoms with Crippen molar-refractivity contribution in [1.29, 1.82) is 0 Å². The molecule has 0 unspecified atom stereocenters. The van der Waals surface area contributed by atoms with Crippen LogP contribution in [0.3, 0.4) is 0 Å². The van der Waals surface area contributed by atoms with Crippen molar-refractivity contribution in [2.45, 2.75) is 65.7 Å². The highest BCUT2D eigenvalue weighted by Gasteiger charge is 2.26. The second-order valence-corrected chi connectivity index (χ2v) is 18.4. The zero-order valence-electron chi connectivity index (χ0n) is 37.6. The van der Waals surface area contributed by atoms with E-state index in [-0.39, 0.29) is 5.41 Å². The Morgan fingerprint density at radius 1 is 0.531 bits per heavy atom. The Morgan fingerprint density at radius 3 is 1.80 bits per heavy atom. The minimum atomic E-state index is -0.0327. The minimum Gasteiger partial charge on any atom is -0.457 e. The van der Waals surface area contributed by atoms with Crippen LogP contribution in [0.5, 0.6) is 11.5 Å². The molecular weight excluding hydrogens is 787 g/mol. The van der Waals surface area contributed by atoms with Gasteiger partial charge < -0.3 is 14.5 Å². The quantitative estimate of drug-likeness (QED) is 0.137. The fraction of sp³-hybridized carbons (Fsp3) is 0.196. The number of nitrogens with zero attached hydrogens (tertiary/aromatic N) is 7. The zero-order chi connectivity index (χ0) is 44.1. The van der Waals surface area contributed by atoms with Crippen LogP contribution >= 0.6 is 0 Å². The highest BCUT2D eigenvalue weighted by atomic mass is 16.5. The summed E-state index contributed by atoms with van der Waals surface area (Å²) < 4.78 is 11.5. The molecule has 8 nitrogen and oxygen atoms in total. The largest absolute Gasteiger partial charge is 0.457 e. The van der Waals surface area contributed by atoms with E-state index in [1.54, 1.807) is 0 Å². The highest BCUT2D eigenvalue weighted by molar-refractivity contribution is 6.09. The lowest BCUT2D eigenvalue weighted by molar-refractivity contribution is 0.483. The van der Waals surface area contributed by atoms with Gasteiger partial charge in [-0.25, -0.2) is 4.98 Å². The summed E-state index contributed by atoms with van der Waals surface area (Å²) in [6.07, 6.45) is 6.30. The second-order valence-electron chi connectivity index (χ2n) is 18.4. The van der Waals surface area contributed by atoms with Crippen LogP contribution in [0.2, 0.25) is 0 Å². The molecule has 318 valence electrons. The number of ether oxygens (including phenoxy) is 1. The Balaban J connectivity index is 1.13. The first-order chi connectivity index (χ1) is 31.0. The van der Waals surface area contributed by atoms with Crippen molar-refractivity contribution in [1.82, 2.24) is 24.3 Å². The molecule has 1 aliphatic rings. The van der Waals surface area contributed by atoms with Gasteiger partial charge in [0, 0.05) is 70.1 Å². The Bertz CT molecular complexity index is 3090. The molecule has 0 aliphatic carbocycles. The average Bonchev–Trinajstić information content (AvgIpc) is 4.06. The summed E-state index contributed by atoms with van der Waals surface area (Å²) in [5.74, 6) is 4.50. The van der Waals surface area contributed by atoms with E-state index in [1.807, 2.05) is 42.6 Å². The summed E-state index contributed by atoms with van der Waals surface area (Å²) in [4.78, 5) is 9.60. The molecule has 3 aromatic heterocycles. The van der Waals surface area contributed by atoms with E-state index in [2.05, 4.69) is 195 Å². The predicted molar refractivity (Wildman–Crippen MR) is 263 cm³/mol. The summed E-state index contributed by atoms with van der Waals surface area (Å²) in [6, 6.07) is 52.9. The van der Waals surface area contributed by atoms with Gasteiger partial charge >= 0.3 is 0 Å². The summed E-state index contributed by atoms with van der Waals surface area (Å²) in [7, 11) is 0. The molecule has 0 amide bonds. The van der Waals surface area contributed by atoms with Crippen molar-refractivity contribution in [3.8, 4) is 45.8 Å². The van der Waals surface area contributed by atoms with Crippen molar-refractivity contribution in [3.05, 3.63) is 187 Å². The Hall–Kier alpha value is -7.45. The van der Waals surface area contributed by atoms with Crippen molar-refractivity contribution in [2.75, 3.05) is 16.5 Å². The smallest absolute Gasteiger partial charge is 0.168 e. The van der Waals surface area contributed by atoms with Crippen LogP contribution < -0.4 is 14.5 Å². The normalized spacial score (nSPS) is 13.0. The fourth-order valence-corrected chi connectivity index (χ4v) is 8.98. The van der Waals surface area contributed by atoms with E-state index in [0.29, 0.717) is 30.0 Å². The van der Waals surface area contributed by atoms with Crippen LogP contribution in [-0.2, 0) is 5.41 Å². The molecule has 6 aromatic carbocycles. The van der Waals surface area contributed by atoms with Gasteiger partial charge in [0.2, 0.25) is 0 Å². The first kappa shape index (κ1) is 40.6. The molecule has 0 N–H and O–H groups in total. The number of pyridine rings is 1. The second kappa shape index (κ2) is 16.3. The van der Waals surface area contributed by atoms with Crippen LogP contribution in [0, 0.1) is 0 Å². The van der Waals surface area contributed by atoms with E-state index in [9.17, 15) is 0 Å². The number of benzene rings is 6. The van der Waals surface area contributed by atoms with E-state index < -0.39 is 0 Å².